The molecule has 0 fully saturated rings. The molecule has 0 radical (unpaired) electrons. The van der Waals surface area contributed by atoms with E-state index in [2.05, 4.69) is 0 Å². The molecular formula is C9H12FNO. The Balaban J connectivity index is 2.85. The number of rotatable bonds is 3. The first-order chi connectivity index (χ1) is 5.75. The Labute approximate surface area is 70.6 Å². The Morgan fingerprint density at radius 1 is 1.58 bits per heavy atom. The van der Waals surface area contributed by atoms with Crippen LogP contribution in [0.4, 0.5) is 4.39 Å². The van der Waals surface area contributed by atoms with Gasteiger partial charge in [-0.15, -0.1) is 0 Å². The highest BCUT2D eigenvalue weighted by atomic mass is 19.1. The lowest BCUT2D eigenvalue weighted by atomic mass is 10.3. The van der Waals surface area contributed by atoms with Crippen LogP contribution in [0.1, 0.15) is 12.0 Å². The summed E-state index contributed by atoms with van der Waals surface area (Å²) in [4.78, 5) is 11.3. The van der Waals surface area contributed by atoms with E-state index in [1.165, 1.54) is 4.57 Å². The Bertz CT molecular complexity index is 306. The highest BCUT2D eigenvalue weighted by Gasteiger charge is 1.96. The molecule has 1 aromatic heterocycles. The summed E-state index contributed by atoms with van der Waals surface area (Å²) in [5, 5.41) is 0. The van der Waals surface area contributed by atoms with Crippen LogP contribution in [-0.2, 0) is 6.54 Å². The fourth-order valence-corrected chi connectivity index (χ4v) is 1.06. The van der Waals surface area contributed by atoms with Gasteiger partial charge in [0.15, 0.2) is 0 Å². The zero-order chi connectivity index (χ0) is 8.97. The largest absolute Gasteiger partial charge is 0.315 e. The van der Waals surface area contributed by atoms with Crippen LogP contribution in [0, 0.1) is 6.92 Å². The number of aryl methyl sites for hydroxylation is 2. The maximum atomic E-state index is 11.8. The minimum absolute atomic E-state index is 0.0223. The van der Waals surface area contributed by atoms with Crippen molar-refractivity contribution in [3.8, 4) is 0 Å². The van der Waals surface area contributed by atoms with Crippen LogP contribution in [0.3, 0.4) is 0 Å². The van der Waals surface area contributed by atoms with E-state index in [1.807, 2.05) is 0 Å². The Morgan fingerprint density at radius 2 is 2.33 bits per heavy atom. The van der Waals surface area contributed by atoms with Gasteiger partial charge in [0.2, 0.25) is 0 Å². The first-order valence-corrected chi connectivity index (χ1v) is 3.97. The summed E-state index contributed by atoms with van der Waals surface area (Å²) in [6, 6.07) is 3.56. The first-order valence-electron chi connectivity index (χ1n) is 3.97. The van der Waals surface area contributed by atoms with Crippen molar-refractivity contribution in [2.75, 3.05) is 6.67 Å². The van der Waals surface area contributed by atoms with Crippen LogP contribution in [0.5, 0.6) is 0 Å². The molecule has 1 aromatic rings. The van der Waals surface area contributed by atoms with Crippen molar-refractivity contribution in [1.82, 2.24) is 4.57 Å². The molecule has 0 aromatic carbocycles. The molecule has 12 heavy (non-hydrogen) atoms. The van der Waals surface area contributed by atoms with Gasteiger partial charge >= 0.3 is 0 Å². The molecular weight excluding hydrogens is 157 g/mol. The zero-order valence-corrected chi connectivity index (χ0v) is 7.09. The fraction of sp³-hybridized carbons (Fsp3) is 0.444. The normalized spacial score (nSPS) is 10.2. The number of nitrogens with zero attached hydrogens (tertiary/aromatic N) is 1. The number of hydrogen-bond acceptors (Lipinski definition) is 1. The van der Waals surface area contributed by atoms with E-state index in [1.54, 1.807) is 25.3 Å². The maximum Gasteiger partial charge on any atom is 0.253 e. The van der Waals surface area contributed by atoms with Crippen molar-refractivity contribution >= 4 is 0 Å². The molecule has 2 nitrogen and oxygen atoms in total. The van der Waals surface area contributed by atoms with Gasteiger partial charge in [-0.1, -0.05) is 6.07 Å². The van der Waals surface area contributed by atoms with Gasteiger partial charge in [-0.05, 0) is 19.4 Å². The summed E-state index contributed by atoms with van der Waals surface area (Å²) in [5.41, 5.74) is 0.683. The van der Waals surface area contributed by atoms with Gasteiger partial charge in [0.05, 0.1) is 6.67 Å². The van der Waals surface area contributed by atoms with E-state index < -0.39 is 0 Å². The second-order valence-corrected chi connectivity index (χ2v) is 2.73. The predicted molar refractivity (Wildman–Crippen MR) is 46.0 cm³/mol. The standard InChI is InChI=1S/C9H12FNO/c1-8-4-2-6-11(9(8)12)7-3-5-10/h2,4,6H,3,5,7H2,1H3. The maximum absolute atomic E-state index is 11.8. The summed E-state index contributed by atoms with van der Waals surface area (Å²) >= 11 is 0. The van der Waals surface area contributed by atoms with Gasteiger partial charge in [-0.2, -0.15) is 0 Å². The van der Waals surface area contributed by atoms with Crippen molar-refractivity contribution in [3.63, 3.8) is 0 Å². The summed E-state index contributed by atoms with van der Waals surface area (Å²) in [6.07, 6.45) is 2.09. The summed E-state index contributed by atoms with van der Waals surface area (Å²) in [6.45, 7) is 1.85. The Hall–Kier alpha value is -1.12. The van der Waals surface area contributed by atoms with Crippen LogP contribution in [-0.4, -0.2) is 11.2 Å². The Morgan fingerprint density at radius 3 is 3.00 bits per heavy atom. The second kappa shape index (κ2) is 4.04. The lowest BCUT2D eigenvalue weighted by Gasteiger charge is -2.03. The number of aromatic nitrogens is 1. The Kier molecular flexibility index (Phi) is 3.02. The van der Waals surface area contributed by atoms with Crippen molar-refractivity contribution < 1.29 is 4.39 Å². The molecule has 0 spiro atoms. The topological polar surface area (TPSA) is 22.0 Å². The molecule has 0 bridgehead atoms. The minimum Gasteiger partial charge on any atom is -0.315 e. The van der Waals surface area contributed by atoms with Crippen LogP contribution in [0.25, 0.3) is 0 Å². The van der Waals surface area contributed by atoms with Crippen molar-refractivity contribution in [1.29, 1.82) is 0 Å². The highest BCUT2D eigenvalue weighted by molar-refractivity contribution is 5.07. The lowest BCUT2D eigenvalue weighted by Crippen LogP contribution is -2.21. The third kappa shape index (κ3) is 1.94. The smallest absolute Gasteiger partial charge is 0.253 e. The lowest BCUT2D eigenvalue weighted by molar-refractivity contribution is 0.443. The third-order valence-corrected chi connectivity index (χ3v) is 1.74. The van der Waals surface area contributed by atoms with E-state index in [0.717, 1.165) is 0 Å². The fourth-order valence-electron chi connectivity index (χ4n) is 1.06. The monoisotopic (exact) mass is 169 g/mol. The molecule has 0 saturated heterocycles. The molecule has 0 atom stereocenters. The van der Waals surface area contributed by atoms with E-state index in [-0.39, 0.29) is 12.2 Å². The van der Waals surface area contributed by atoms with Gasteiger partial charge < -0.3 is 4.57 Å². The summed E-state index contributed by atoms with van der Waals surface area (Å²) in [5.74, 6) is 0. The van der Waals surface area contributed by atoms with Gasteiger partial charge in [0.1, 0.15) is 0 Å². The van der Waals surface area contributed by atoms with Crippen molar-refractivity contribution in [3.05, 3.63) is 34.2 Å². The van der Waals surface area contributed by atoms with Gasteiger partial charge in [0, 0.05) is 18.3 Å². The second-order valence-electron chi connectivity index (χ2n) is 2.73. The first kappa shape index (κ1) is 8.97. The number of pyridine rings is 1. The molecule has 66 valence electrons. The third-order valence-electron chi connectivity index (χ3n) is 1.74. The van der Waals surface area contributed by atoms with Crippen molar-refractivity contribution in [2.45, 2.75) is 19.9 Å². The van der Waals surface area contributed by atoms with Gasteiger partial charge in [-0.3, -0.25) is 9.18 Å². The molecule has 0 amide bonds. The molecule has 0 saturated carbocycles. The van der Waals surface area contributed by atoms with Gasteiger partial charge in [0.25, 0.3) is 5.56 Å². The predicted octanol–water partition coefficient (Wildman–Crippen LogP) is 1.52. The molecule has 3 heteroatoms. The average molecular weight is 169 g/mol. The molecule has 1 heterocycles. The molecule has 0 aliphatic heterocycles. The number of halogens is 1. The highest BCUT2D eigenvalue weighted by Crippen LogP contribution is 1.91. The van der Waals surface area contributed by atoms with Crippen LogP contribution in [0.2, 0.25) is 0 Å². The van der Waals surface area contributed by atoms with Crippen LogP contribution in [0.15, 0.2) is 23.1 Å². The van der Waals surface area contributed by atoms with Crippen molar-refractivity contribution in [2.24, 2.45) is 0 Å². The van der Waals surface area contributed by atoms with Crippen LogP contribution >= 0.6 is 0 Å². The zero-order valence-electron chi connectivity index (χ0n) is 7.09. The van der Waals surface area contributed by atoms with Crippen LogP contribution < -0.4 is 5.56 Å². The number of alkyl halides is 1. The molecule has 1 rings (SSSR count). The minimum atomic E-state index is -0.375. The SMILES string of the molecule is Cc1cccn(CCCF)c1=O. The van der Waals surface area contributed by atoms with E-state index >= 15 is 0 Å². The quantitative estimate of drug-likeness (QED) is 0.672. The molecule has 0 aliphatic rings. The number of hydrogen-bond donors (Lipinski definition) is 0. The summed E-state index contributed by atoms with van der Waals surface area (Å²) in [7, 11) is 0. The molecule has 0 aliphatic carbocycles. The van der Waals surface area contributed by atoms with Gasteiger partial charge in [-0.25, -0.2) is 0 Å². The average Bonchev–Trinajstić information content (AvgIpc) is 2.08. The molecule has 0 unspecified atom stereocenters. The van der Waals surface area contributed by atoms with E-state index in [9.17, 15) is 9.18 Å². The molecule has 0 N–H and O–H groups in total. The summed E-state index contributed by atoms with van der Waals surface area (Å²) < 4.78 is 13.3. The van der Waals surface area contributed by atoms with E-state index in [0.29, 0.717) is 18.5 Å². The van der Waals surface area contributed by atoms with E-state index in [4.69, 9.17) is 0 Å².